The van der Waals surface area contributed by atoms with Gasteiger partial charge in [-0.1, -0.05) is 41.4 Å². The van der Waals surface area contributed by atoms with E-state index in [1.807, 2.05) is 0 Å². The Kier molecular flexibility index (Phi) is 4.23. The summed E-state index contributed by atoms with van der Waals surface area (Å²) in [6.45, 7) is 4.20. The molecule has 0 aliphatic heterocycles. The summed E-state index contributed by atoms with van der Waals surface area (Å²) >= 11 is 9.29. The fourth-order valence-corrected chi connectivity index (χ4v) is 3.32. The van der Waals surface area contributed by atoms with Crippen LogP contribution < -0.4 is 5.32 Å². The number of carbonyl (C=O) groups excluding carboxylic acids is 1. The van der Waals surface area contributed by atoms with Crippen molar-refractivity contribution in [3.8, 4) is 0 Å². The molecule has 2 rings (SSSR count). The lowest BCUT2D eigenvalue weighted by atomic mass is 9.64. The molecule has 1 saturated carbocycles. The van der Waals surface area contributed by atoms with Crippen LogP contribution in [-0.2, 0) is 4.74 Å². The standard InChI is InChI=1S/C14H17BrClNO2/c1-14(2)11(7-12(14)19-3)17-13(18)8-4-9(15)6-10(16)5-8/h4-6,11-12H,7H2,1-3H3,(H,17,18). The van der Waals surface area contributed by atoms with Gasteiger partial charge in [-0.25, -0.2) is 0 Å². The SMILES string of the molecule is COC1CC(NC(=O)c2cc(Cl)cc(Br)c2)C1(C)C. The first-order valence-electron chi connectivity index (χ1n) is 6.14. The number of halogens is 2. The highest BCUT2D eigenvalue weighted by Gasteiger charge is 2.49. The van der Waals surface area contributed by atoms with Crippen molar-refractivity contribution in [2.24, 2.45) is 5.41 Å². The summed E-state index contributed by atoms with van der Waals surface area (Å²) in [5.41, 5.74) is 0.524. The number of nitrogens with one attached hydrogen (secondary N) is 1. The van der Waals surface area contributed by atoms with Crippen LogP contribution in [0.2, 0.25) is 5.02 Å². The van der Waals surface area contributed by atoms with Gasteiger partial charge in [0.2, 0.25) is 0 Å². The molecule has 0 heterocycles. The number of carbonyl (C=O) groups is 1. The average molecular weight is 347 g/mol. The Morgan fingerprint density at radius 1 is 1.47 bits per heavy atom. The second-order valence-electron chi connectivity index (χ2n) is 5.47. The van der Waals surface area contributed by atoms with E-state index in [9.17, 15) is 4.79 Å². The van der Waals surface area contributed by atoms with E-state index in [4.69, 9.17) is 16.3 Å². The van der Waals surface area contributed by atoms with E-state index in [-0.39, 0.29) is 23.5 Å². The van der Waals surface area contributed by atoms with E-state index in [2.05, 4.69) is 35.1 Å². The van der Waals surface area contributed by atoms with E-state index >= 15 is 0 Å². The van der Waals surface area contributed by atoms with Crippen LogP contribution in [0.1, 0.15) is 30.6 Å². The van der Waals surface area contributed by atoms with Crippen molar-refractivity contribution in [1.29, 1.82) is 0 Å². The van der Waals surface area contributed by atoms with Gasteiger partial charge < -0.3 is 10.1 Å². The van der Waals surface area contributed by atoms with Gasteiger partial charge in [0.05, 0.1) is 6.10 Å². The lowest BCUT2D eigenvalue weighted by Crippen LogP contribution is -2.61. The number of amides is 1. The molecule has 0 radical (unpaired) electrons. The first-order chi connectivity index (χ1) is 8.84. The number of rotatable bonds is 3. The van der Waals surface area contributed by atoms with Crippen LogP contribution in [0.3, 0.4) is 0 Å². The average Bonchev–Trinajstić information content (AvgIpc) is 2.32. The lowest BCUT2D eigenvalue weighted by Gasteiger charge is -2.51. The second kappa shape index (κ2) is 5.43. The van der Waals surface area contributed by atoms with Gasteiger partial charge in [0, 0.05) is 33.6 Å². The van der Waals surface area contributed by atoms with Crippen LogP contribution >= 0.6 is 27.5 Å². The van der Waals surface area contributed by atoms with Gasteiger partial charge >= 0.3 is 0 Å². The minimum Gasteiger partial charge on any atom is -0.381 e. The molecule has 3 nitrogen and oxygen atoms in total. The quantitative estimate of drug-likeness (QED) is 0.907. The normalized spacial score (nSPS) is 24.7. The number of methoxy groups -OCH3 is 1. The summed E-state index contributed by atoms with van der Waals surface area (Å²) in [5, 5.41) is 3.59. The molecule has 2 atom stereocenters. The Hall–Kier alpha value is -0.580. The molecule has 1 aromatic rings. The zero-order valence-corrected chi connectivity index (χ0v) is 13.5. The largest absolute Gasteiger partial charge is 0.381 e. The van der Waals surface area contributed by atoms with Gasteiger partial charge in [-0.05, 0) is 24.6 Å². The van der Waals surface area contributed by atoms with Crippen molar-refractivity contribution in [2.45, 2.75) is 32.4 Å². The maximum Gasteiger partial charge on any atom is 0.251 e. The molecule has 0 spiro atoms. The van der Waals surface area contributed by atoms with Gasteiger partial charge in [0.1, 0.15) is 0 Å². The summed E-state index contributed by atoms with van der Waals surface area (Å²) in [6.07, 6.45) is 1.04. The summed E-state index contributed by atoms with van der Waals surface area (Å²) in [4.78, 5) is 12.2. The van der Waals surface area contributed by atoms with Crippen molar-refractivity contribution >= 4 is 33.4 Å². The summed E-state index contributed by atoms with van der Waals surface area (Å²) in [5.74, 6) is -0.101. The van der Waals surface area contributed by atoms with Gasteiger partial charge in [-0.3, -0.25) is 4.79 Å². The van der Waals surface area contributed by atoms with Crippen LogP contribution in [-0.4, -0.2) is 25.2 Å². The maximum atomic E-state index is 12.2. The molecule has 1 N–H and O–H groups in total. The Balaban J connectivity index is 2.06. The fourth-order valence-electron chi connectivity index (χ4n) is 2.46. The molecule has 1 aliphatic rings. The number of hydrogen-bond acceptors (Lipinski definition) is 2. The molecule has 0 aromatic heterocycles. The van der Waals surface area contributed by atoms with Gasteiger partial charge in [0.25, 0.3) is 5.91 Å². The maximum absolute atomic E-state index is 12.2. The molecule has 1 amide bonds. The highest BCUT2D eigenvalue weighted by atomic mass is 79.9. The highest BCUT2D eigenvalue weighted by molar-refractivity contribution is 9.10. The Morgan fingerprint density at radius 3 is 2.68 bits per heavy atom. The van der Waals surface area contributed by atoms with Crippen LogP contribution in [0.15, 0.2) is 22.7 Å². The predicted molar refractivity (Wildman–Crippen MR) is 79.6 cm³/mol. The van der Waals surface area contributed by atoms with Crippen LogP contribution in [0.5, 0.6) is 0 Å². The predicted octanol–water partition coefficient (Wildman–Crippen LogP) is 3.65. The van der Waals surface area contributed by atoms with Crippen molar-refractivity contribution in [3.63, 3.8) is 0 Å². The van der Waals surface area contributed by atoms with Crippen LogP contribution in [0.25, 0.3) is 0 Å². The molecule has 1 aromatic carbocycles. The van der Waals surface area contributed by atoms with E-state index in [1.54, 1.807) is 25.3 Å². The first kappa shape index (κ1) is 14.8. The van der Waals surface area contributed by atoms with Crippen LogP contribution in [0, 0.1) is 5.41 Å². The molecular weight excluding hydrogens is 330 g/mol. The topological polar surface area (TPSA) is 38.3 Å². The molecule has 0 bridgehead atoms. The Morgan fingerprint density at radius 2 is 2.16 bits per heavy atom. The van der Waals surface area contributed by atoms with Crippen molar-refractivity contribution in [3.05, 3.63) is 33.3 Å². The minimum absolute atomic E-state index is 0.0415. The third kappa shape index (κ3) is 2.96. The lowest BCUT2D eigenvalue weighted by molar-refractivity contribution is -0.0942. The first-order valence-corrected chi connectivity index (χ1v) is 7.31. The Bertz CT molecular complexity index is 484. The zero-order chi connectivity index (χ0) is 14.2. The molecular formula is C14H17BrClNO2. The summed E-state index contributed by atoms with van der Waals surface area (Å²) in [7, 11) is 1.71. The summed E-state index contributed by atoms with van der Waals surface area (Å²) < 4.78 is 6.18. The van der Waals surface area contributed by atoms with Crippen molar-refractivity contribution < 1.29 is 9.53 Å². The number of ether oxygens (including phenoxy) is 1. The second-order valence-corrected chi connectivity index (χ2v) is 6.82. The van der Waals surface area contributed by atoms with Crippen LogP contribution in [0.4, 0.5) is 0 Å². The van der Waals surface area contributed by atoms with Gasteiger partial charge in [-0.2, -0.15) is 0 Å². The van der Waals surface area contributed by atoms with Gasteiger partial charge in [0.15, 0.2) is 0 Å². The van der Waals surface area contributed by atoms with Crippen molar-refractivity contribution in [1.82, 2.24) is 5.32 Å². The molecule has 5 heteroatoms. The third-order valence-electron chi connectivity index (χ3n) is 3.89. The molecule has 104 valence electrons. The molecule has 2 unspecified atom stereocenters. The third-order valence-corrected chi connectivity index (χ3v) is 4.57. The van der Waals surface area contributed by atoms with E-state index in [1.165, 1.54) is 0 Å². The van der Waals surface area contributed by atoms with Crippen molar-refractivity contribution in [2.75, 3.05) is 7.11 Å². The number of hydrogen-bond donors (Lipinski definition) is 1. The summed E-state index contributed by atoms with van der Waals surface area (Å²) in [6, 6.07) is 5.32. The number of benzene rings is 1. The smallest absolute Gasteiger partial charge is 0.251 e. The highest BCUT2D eigenvalue weighted by Crippen LogP contribution is 2.42. The molecule has 1 fully saturated rings. The fraction of sp³-hybridized carbons (Fsp3) is 0.500. The van der Waals surface area contributed by atoms with E-state index in [0.717, 1.165) is 10.9 Å². The molecule has 0 saturated heterocycles. The minimum atomic E-state index is -0.101. The van der Waals surface area contributed by atoms with E-state index < -0.39 is 0 Å². The monoisotopic (exact) mass is 345 g/mol. The molecule has 19 heavy (non-hydrogen) atoms. The van der Waals surface area contributed by atoms with Gasteiger partial charge in [-0.15, -0.1) is 0 Å². The molecule has 1 aliphatic carbocycles. The Labute approximate surface area is 126 Å². The van der Waals surface area contributed by atoms with E-state index in [0.29, 0.717) is 10.6 Å². The zero-order valence-electron chi connectivity index (χ0n) is 11.2.